The van der Waals surface area contributed by atoms with Gasteiger partial charge in [0, 0.05) is 62.6 Å². The molecule has 9 nitrogen and oxygen atoms in total. The van der Waals surface area contributed by atoms with E-state index < -0.39 is 16.1 Å². The van der Waals surface area contributed by atoms with Gasteiger partial charge in [-0.15, -0.1) is 0 Å². The Morgan fingerprint density at radius 1 is 0.889 bits per heavy atom. The van der Waals surface area contributed by atoms with Crippen molar-refractivity contribution in [3.63, 3.8) is 0 Å². The lowest BCUT2D eigenvalue weighted by atomic mass is 10.0. The molecule has 1 amide bonds. The molecule has 1 N–H and O–H groups in total. The average molecular weight is 628 g/mol. The third-order valence-electron chi connectivity index (χ3n) is 9.18. The Bertz CT molecular complexity index is 1760. The summed E-state index contributed by atoms with van der Waals surface area (Å²) in [5, 5.41) is 1.35. The first-order valence-electron chi connectivity index (χ1n) is 15.7. The number of aryl methyl sites for hydroxylation is 1. The fourth-order valence-electron chi connectivity index (χ4n) is 6.56. The number of carbonyl (C=O) groups excluding carboxylic acids is 2. The summed E-state index contributed by atoms with van der Waals surface area (Å²) in [4.78, 5) is 32.5. The largest absolute Gasteiger partial charge is 0.345 e. The van der Waals surface area contributed by atoms with Crippen molar-refractivity contribution in [3.8, 4) is 0 Å². The number of carbonyl (C=O) groups is 2. The van der Waals surface area contributed by atoms with Crippen LogP contribution in [0.25, 0.3) is 10.8 Å². The third kappa shape index (κ3) is 7.04. The van der Waals surface area contributed by atoms with E-state index in [0.717, 1.165) is 63.2 Å². The van der Waals surface area contributed by atoms with Gasteiger partial charge >= 0.3 is 0 Å². The molecule has 45 heavy (non-hydrogen) atoms. The minimum atomic E-state index is -4.15. The van der Waals surface area contributed by atoms with E-state index in [0.29, 0.717) is 30.3 Å². The van der Waals surface area contributed by atoms with Crippen LogP contribution in [-0.2, 0) is 34.3 Å². The molecule has 3 heterocycles. The molecular formula is C35H41N5O4S. The Balaban J connectivity index is 1.14. The van der Waals surface area contributed by atoms with Gasteiger partial charge in [0.1, 0.15) is 0 Å². The quantitative estimate of drug-likeness (QED) is 0.252. The second kappa shape index (κ2) is 13.7. The van der Waals surface area contributed by atoms with Crippen LogP contribution in [0.1, 0.15) is 46.2 Å². The maximum absolute atomic E-state index is 13.8. The average Bonchev–Trinajstić information content (AvgIpc) is 3.47. The fraction of sp³-hybridized carbons (Fsp3) is 0.371. The van der Waals surface area contributed by atoms with Crippen LogP contribution in [0.2, 0.25) is 0 Å². The maximum atomic E-state index is 13.8. The molecule has 3 aromatic carbocycles. The molecule has 2 aliphatic heterocycles. The van der Waals surface area contributed by atoms with E-state index in [4.69, 9.17) is 0 Å². The number of aldehydes is 1. The number of aromatic nitrogens is 1. The number of nitrogens with one attached hydrogen (secondary N) is 1. The number of benzene rings is 3. The maximum Gasteiger partial charge on any atom is 0.241 e. The minimum Gasteiger partial charge on any atom is -0.345 e. The standard InChI is InChI=1S/C35H41N5O4S/c1-37-18-20-38(21-19-37)17-7-11-29-14-15-30-25-39(22-23-40(29)30)35(42)24-33(28-9-3-2-4-10-28)36-45(43,44)34-16-13-27-8-5-6-12-31(27)32(34)26-41/h2-6,8-10,12-16,26,33,36H,7,11,17-25H2,1H3. The Kier molecular flexibility index (Phi) is 9.46. The number of amides is 1. The number of fused-ring (bicyclic) bond motifs is 2. The van der Waals surface area contributed by atoms with Gasteiger partial charge in [0.05, 0.1) is 17.5 Å². The van der Waals surface area contributed by atoms with Gasteiger partial charge in [0.15, 0.2) is 6.29 Å². The van der Waals surface area contributed by atoms with Crippen molar-refractivity contribution in [3.05, 3.63) is 101 Å². The van der Waals surface area contributed by atoms with Crippen LogP contribution in [0.3, 0.4) is 0 Å². The van der Waals surface area contributed by atoms with Gasteiger partial charge in [0.2, 0.25) is 15.9 Å². The lowest BCUT2D eigenvalue weighted by molar-refractivity contribution is -0.133. The van der Waals surface area contributed by atoms with E-state index in [9.17, 15) is 18.0 Å². The van der Waals surface area contributed by atoms with Crippen molar-refractivity contribution in [2.75, 3.05) is 46.3 Å². The smallest absolute Gasteiger partial charge is 0.241 e. The Morgan fingerprint density at radius 3 is 2.42 bits per heavy atom. The molecule has 0 bridgehead atoms. The van der Waals surface area contributed by atoms with Crippen molar-refractivity contribution in [2.45, 2.75) is 43.3 Å². The van der Waals surface area contributed by atoms with Crippen molar-refractivity contribution in [1.29, 1.82) is 0 Å². The molecule has 2 aliphatic rings. The highest BCUT2D eigenvalue weighted by Crippen LogP contribution is 2.28. The second-order valence-electron chi connectivity index (χ2n) is 12.1. The fourth-order valence-corrected chi connectivity index (χ4v) is 7.98. The summed E-state index contributed by atoms with van der Waals surface area (Å²) in [5.74, 6) is -0.121. The highest BCUT2D eigenvalue weighted by atomic mass is 32.2. The van der Waals surface area contributed by atoms with Crippen LogP contribution >= 0.6 is 0 Å². The Morgan fingerprint density at radius 2 is 1.64 bits per heavy atom. The van der Waals surface area contributed by atoms with Crippen LogP contribution in [0.4, 0.5) is 0 Å². The molecule has 0 spiro atoms. The zero-order valence-electron chi connectivity index (χ0n) is 25.8. The van der Waals surface area contributed by atoms with Crippen LogP contribution in [0.15, 0.2) is 83.8 Å². The van der Waals surface area contributed by atoms with Gasteiger partial charge in [-0.1, -0.05) is 60.7 Å². The number of hydrogen-bond acceptors (Lipinski definition) is 6. The Hall–Kier alpha value is -3.83. The molecule has 1 unspecified atom stereocenters. The first kappa shape index (κ1) is 31.2. The van der Waals surface area contributed by atoms with Gasteiger partial charge < -0.3 is 19.3 Å². The summed E-state index contributed by atoms with van der Waals surface area (Å²) in [6.07, 6.45) is 2.67. The molecule has 1 atom stereocenters. The zero-order chi connectivity index (χ0) is 31.4. The molecule has 1 aromatic heterocycles. The van der Waals surface area contributed by atoms with Crippen molar-refractivity contribution in [1.82, 2.24) is 24.0 Å². The lowest BCUT2D eigenvalue weighted by Gasteiger charge is -2.32. The predicted molar refractivity (Wildman–Crippen MR) is 176 cm³/mol. The number of nitrogens with zero attached hydrogens (tertiary/aromatic N) is 4. The molecule has 6 rings (SSSR count). The molecule has 10 heteroatoms. The summed E-state index contributed by atoms with van der Waals surface area (Å²) in [6, 6.07) is 23.0. The minimum absolute atomic E-state index is 0.0359. The van der Waals surface area contributed by atoms with Gasteiger partial charge in [-0.3, -0.25) is 9.59 Å². The molecule has 0 radical (unpaired) electrons. The summed E-state index contributed by atoms with van der Waals surface area (Å²) in [6.45, 7) is 7.38. The highest BCUT2D eigenvalue weighted by Gasteiger charge is 2.29. The molecule has 1 saturated heterocycles. The monoisotopic (exact) mass is 627 g/mol. The van der Waals surface area contributed by atoms with Gasteiger partial charge in [-0.25, -0.2) is 13.1 Å². The number of rotatable bonds is 11. The Labute approximate surface area is 265 Å². The molecule has 1 fully saturated rings. The van der Waals surface area contributed by atoms with Crippen molar-refractivity contribution < 1.29 is 18.0 Å². The van der Waals surface area contributed by atoms with E-state index in [-0.39, 0.29) is 22.8 Å². The van der Waals surface area contributed by atoms with Crippen molar-refractivity contribution >= 4 is 33.0 Å². The molecule has 236 valence electrons. The molecule has 0 aliphatic carbocycles. The third-order valence-corrected chi connectivity index (χ3v) is 10.7. The second-order valence-corrected chi connectivity index (χ2v) is 13.8. The first-order chi connectivity index (χ1) is 21.8. The van der Waals surface area contributed by atoms with Crippen LogP contribution in [-0.4, -0.2) is 86.2 Å². The van der Waals surface area contributed by atoms with E-state index in [1.54, 1.807) is 18.2 Å². The van der Waals surface area contributed by atoms with Gasteiger partial charge in [0.25, 0.3) is 0 Å². The summed E-state index contributed by atoms with van der Waals surface area (Å²) >= 11 is 0. The molecule has 4 aromatic rings. The van der Waals surface area contributed by atoms with E-state index in [1.165, 1.54) is 11.8 Å². The number of sulfonamides is 1. The first-order valence-corrected chi connectivity index (χ1v) is 17.2. The van der Waals surface area contributed by atoms with Crippen molar-refractivity contribution in [2.24, 2.45) is 0 Å². The van der Waals surface area contributed by atoms with Crippen LogP contribution in [0.5, 0.6) is 0 Å². The normalized spacial score (nSPS) is 16.9. The number of piperazine rings is 1. The predicted octanol–water partition coefficient (Wildman–Crippen LogP) is 4.09. The topological polar surface area (TPSA) is 95.0 Å². The lowest BCUT2D eigenvalue weighted by Crippen LogP contribution is -2.44. The van der Waals surface area contributed by atoms with E-state index in [1.807, 2.05) is 47.4 Å². The van der Waals surface area contributed by atoms with Crippen LogP contribution in [0, 0.1) is 0 Å². The number of hydrogen-bond donors (Lipinski definition) is 1. The van der Waals surface area contributed by atoms with E-state index in [2.05, 4.69) is 38.3 Å². The number of likely N-dealkylation sites (N-methyl/N-ethyl adjacent to an activating group) is 1. The molecule has 0 saturated carbocycles. The van der Waals surface area contributed by atoms with E-state index >= 15 is 0 Å². The summed E-state index contributed by atoms with van der Waals surface area (Å²) < 4.78 is 32.6. The summed E-state index contributed by atoms with van der Waals surface area (Å²) in [7, 11) is -1.97. The van der Waals surface area contributed by atoms with Crippen LogP contribution < -0.4 is 4.72 Å². The van der Waals surface area contributed by atoms with Gasteiger partial charge in [-0.2, -0.15) is 0 Å². The van der Waals surface area contributed by atoms with Gasteiger partial charge in [-0.05, 0) is 61.0 Å². The zero-order valence-corrected chi connectivity index (χ0v) is 26.6. The molecular weight excluding hydrogens is 586 g/mol. The SMILES string of the molecule is CN1CCN(CCCc2ccc3n2CCN(C(=O)CC(NS(=O)(=O)c2ccc4ccccc4c2C=O)c2ccccc2)C3)CC1. The summed E-state index contributed by atoms with van der Waals surface area (Å²) in [5.41, 5.74) is 3.20. The highest BCUT2D eigenvalue weighted by molar-refractivity contribution is 7.89.